The Morgan fingerprint density at radius 3 is 1.99 bits per heavy atom. The fourth-order valence-electron chi connectivity index (χ4n) is 8.01. The third-order valence-corrected chi connectivity index (χ3v) is 18.1. The molecule has 3 heterocycles. The molecular weight excluding hydrogens is 1220 g/mol. The molecule has 0 radical (unpaired) electrons. The zero-order chi connectivity index (χ0) is 60.0. The molecule has 0 bridgehead atoms. The lowest BCUT2D eigenvalue weighted by Gasteiger charge is -2.12. The van der Waals surface area contributed by atoms with E-state index in [-0.39, 0.29) is 119 Å². The number of thiazole rings is 1. The zero-order valence-corrected chi connectivity index (χ0v) is 48.1. The van der Waals surface area contributed by atoms with Gasteiger partial charge in [-0.3, -0.25) is 32.0 Å². The molecule has 82 heavy (non-hydrogen) atoms. The van der Waals surface area contributed by atoms with Gasteiger partial charge in [-0.1, -0.05) is 17.4 Å². The fraction of sp³-hybridized carbons (Fsp3) is 0.217. The summed E-state index contributed by atoms with van der Waals surface area (Å²) in [6, 6.07) is 14.3. The van der Waals surface area contributed by atoms with Crippen LogP contribution >= 0.6 is 23.1 Å². The van der Waals surface area contributed by atoms with Crippen molar-refractivity contribution in [2.24, 2.45) is 30.7 Å². The lowest BCUT2D eigenvalue weighted by Crippen LogP contribution is -2.11. The smallest absolute Gasteiger partial charge is 0.296 e. The average molecular weight is 1260 g/mol. The number of nitrogens with zero attached hydrogens (tertiary/aromatic N) is 10. The van der Waals surface area contributed by atoms with Gasteiger partial charge in [-0.2, -0.15) is 52.5 Å². The largest absolute Gasteiger partial charge is 0.493 e. The molecule has 430 valence electrons. The van der Waals surface area contributed by atoms with E-state index in [1.165, 1.54) is 31.2 Å². The Morgan fingerprint density at radius 1 is 0.732 bits per heavy atom. The number of benzene rings is 5. The number of aryl methyl sites for hydroxylation is 2. The quantitative estimate of drug-likeness (QED) is 0.0161. The summed E-state index contributed by atoms with van der Waals surface area (Å²) in [6.45, 7) is 5.41. The van der Waals surface area contributed by atoms with Crippen LogP contribution in [0.3, 0.4) is 0 Å². The third kappa shape index (κ3) is 13.7. The Hall–Kier alpha value is -7.54. The molecule has 8 rings (SSSR count). The average Bonchev–Trinajstić information content (AvgIpc) is 3.48. The van der Waals surface area contributed by atoms with Crippen molar-refractivity contribution in [1.82, 2.24) is 14.4 Å². The molecule has 7 N–H and O–H groups in total. The minimum absolute atomic E-state index is 0.0165. The van der Waals surface area contributed by atoms with Crippen LogP contribution < -0.4 is 10.1 Å². The maximum absolute atomic E-state index is 12.5. The summed E-state index contributed by atoms with van der Waals surface area (Å²) in [5, 5.41) is 50.5. The van der Waals surface area contributed by atoms with Crippen molar-refractivity contribution < 1.29 is 79.5 Å². The van der Waals surface area contributed by atoms with Gasteiger partial charge < -0.3 is 15.2 Å². The predicted octanol–water partition coefficient (Wildman–Crippen LogP) is 9.72. The summed E-state index contributed by atoms with van der Waals surface area (Å²) < 4.78 is 176. The monoisotopic (exact) mass is 1260 g/mol. The number of ether oxygens (including phenoxy) is 1. The van der Waals surface area contributed by atoms with Crippen LogP contribution in [0.15, 0.2) is 111 Å². The molecule has 0 saturated heterocycles. The van der Waals surface area contributed by atoms with Crippen molar-refractivity contribution in [2.45, 2.75) is 60.1 Å². The van der Waals surface area contributed by atoms with Crippen LogP contribution in [0.5, 0.6) is 11.6 Å². The SMILES string of the molecule is CC(=O)Nc1cc2nc3c(C#N)c(C)c(N=Nc4cc(C)c(N=Nc5cc(C)c(N=Nc6nc7c(S(=O)(=O)O)cc8ccc(S(=O)(=O)O)cc8c7s6)cc5SCCCS(=O)(=O)O)cc4OCCCS(=O)(=O)O)c(O)n3c2cc1S(=O)(=O)O. The molecule has 3 aromatic heterocycles. The molecule has 0 atom stereocenters. The van der Waals surface area contributed by atoms with Crippen LogP contribution in [0.1, 0.15) is 42.0 Å². The molecule has 1 amide bonds. The summed E-state index contributed by atoms with van der Waals surface area (Å²) in [4.78, 5) is 19.0. The lowest BCUT2D eigenvalue weighted by atomic mass is 10.1. The number of hydrogen-bond donors (Lipinski definition) is 7. The number of imidazole rings is 1. The van der Waals surface area contributed by atoms with Crippen molar-refractivity contribution in [3.8, 4) is 17.7 Å². The highest BCUT2D eigenvalue weighted by Gasteiger charge is 2.27. The van der Waals surface area contributed by atoms with Crippen molar-refractivity contribution in [2.75, 3.05) is 29.2 Å². The van der Waals surface area contributed by atoms with Gasteiger partial charge in [-0.05, 0) is 104 Å². The van der Waals surface area contributed by atoms with E-state index < -0.39 is 88.6 Å². The predicted molar refractivity (Wildman–Crippen MR) is 298 cm³/mol. The van der Waals surface area contributed by atoms with Gasteiger partial charge in [0.2, 0.25) is 16.9 Å². The highest BCUT2D eigenvalue weighted by atomic mass is 32.2. The number of amides is 1. The van der Waals surface area contributed by atoms with Crippen LogP contribution in [0.4, 0.5) is 39.3 Å². The van der Waals surface area contributed by atoms with E-state index in [4.69, 9.17) is 4.74 Å². The Morgan fingerprint density at radius 2 is 1.35 bits per heavy atom. The molecular formula is C46H41N11O18S7. The minimum Gasteiger partial charge on any atom is -0.493 e. The Kier molecular flexibility index (Phi) is 17.0. The number of aromatic hydroxyl groups is 1. The lowest BCUT2D eigenvalue weighted by molar-refractivity contribution is -0.114. The van der Waals surface area contributed by atoms with Crippen LogP contribution in [0.25, 0.3) is 37.7 Å². The van der Waals surface area contributed by atoms with Gasteiger partial charge in [0, 0.05) is 28.8 Å². The highest BCUT2D eigenvalue weighted by Crippen LogP contribution is 2.44. The molecule has 0 fully saturated rings. The van der Waals surface area contributed by atoms with Crippen molar-refractivity contribution in [3.63, 3.8) is 0 Å². The van der Waals surface area contributed by atoms with Crippen molar-refractivity contribution in [3.05, 3.63) is 82.9 Å². The van der Waals surface area contributed by atoms with Gasteiger partial charge in [-0.15, -0.1) is 37.3 Å². The van der Waals surface area contributed by atoms with Crippen LogP contribution in [-0.4, -0.2) is 114 Å². The first-order valence-corrected chi connectivity index (χ1v) is 32.4. The topological polar surface area (TPSA) is 459 Å². The number of anilines is 1. The van der Waals surface area contributed by atoms with E-state index in [0.29, 0.717) is 16.0 Å². The second-order valence-corrected chi connectivity index (χ2v) is 27.2. The molecule has 0 unspecified atom stereocenters. The summed E-state index contributed by atoms with van der Waals surface area (Å²) in [5.74, 6) is -2.64. The molecule has 0 spiro atoms. The fourth-order valence-corrected chi connectivity index (χ4v) is 13.0. The molecule has 0 aliphatic rings. The first kappa shape index (κ1) is 60.6. The Labute approximate surface area is 473 Å². The molecule has 29 nitrogen and oxygen atoms in total. The van der Waals surface area contributed by atoms with Crippen LogP contribution in [-0.2, 0) is 55.4 Å². The number of carbonyl (C=O) groups excluding carboxylic acids is 1. The summed E-state index contributed by atoms with van der Waals surface area (Å²) in [7, 11) is -23.3. The van der Waals surface area contributed by atoms with Gasteiger partial charge in [0.25, 0.3) is 50.6 Å². The minimum atomic E-state index is -4.99. The van der Waals surface area contributed by atoms with E-state index in [2.05, 4.69) is 46.0 Å². The molecule has 5 aromatic carbocycles. The first-order chi connectivity index (χ1) is 38.2. The summed E-state index contributed by atoms with van der Waals surface area (Å²) in [5.41, 5.74) is -0.0711. The van der Waals surface area contributed by atoms with Gasteiger partial charge in [-0.25, -0.2) is 9.97 Å². The number of fused-ring (bicyclic) bond motifs is 6. The van der Waals surface area contributed by atoms with Gasteiger partial charge in [0.05, 0.1) is 61.5 Å². The van der Waals surface area contributed by atoms with Crippen LogP contribution in [0.2, 0.25) is 0 Å². The Balaban J connectivity index is 1.19. The molecule has 0 aliphatic carbocycles. The van der Waals surface area contributed by atoms with Crippen molar-refractivity contribution >= 4 is 157 Å². The van der Waals surface area contributed by atoms with E-state index in [0.717, 1.165) is 64.8 Å². The third-order valence-electron chi connectivity index (χ3n) is 11.7. The normalized spacial score (nSPS) is 13.0. The summed E-state index contributed by atoms with van der Waals surface area (Å²) >= 11 is 1.88. The number of hydrogen-bond acceptors (Lipinski definition) is 24. The van der Waals surface area contributed by atoms with E-state index in [1.807, 2.05) is 6.07 Å². The van der Waals surface area contributed by atoms with E-state index >= 15 is 0 Å². The van der Waals surface area contributed by atoms with Gasteiger partial charge in [0.15, 0.2) is 11.3 Å². The number of thioether (sulfide) groups is 1. The number of rotatable bonds is 20. The number of pyridine rings is 1. The van der Waals surface area contributed by atoms with E-state index in [1.54, 1.807) is 19.9 Å². The highest BCUT2D eigenvalue weighted by molar-refractivity contribution is 7.99. The molecule has 0 saturated carbocycles. The number of azo groups is 3. The number of aromatic nitrogens is 3. The maximum Gasteiger partial charge on any atom is 0.296 e. The second kappa shape index (κ2) is 23.0. The second-order valence-electron chi connectivity index (χ2n) is 17.7. The van der Waals surface area contributed by atoms with Crippen LogP contribution in [0, 0.1) is 32.1 Å². The first-order valence-electron chi connectivity index (χ1n) is 23.1. The summed E-state index contributed by atoms with van der Waals surface area (Å²) in [6.07, 6.45) is -0.240. The zero-order valence-electron chi connectivity index (χ0n) is 42.4. The van der Waals surface area contributed by atoms with Crippen molar-refractivity contribution in [1.29, 1.82) is 5.26 Å². The Bertz CT molecular complexity index is 4750. The van der Waals surface area contributed by atoms with E-state index in [9.17, 15) is 80.0 Å². The van der Waals surface area contributed by atoms with Gasteiger partial charge >= 0.3 is 0 Å². The molecule has 0 aliphatic heterocycles. The number of carbonyl (C=O) groups is 1. The molecule has 36 heteroatoms. The maximum atomic E-state index is 12.5. The molecule has 8 aromatic rings. The number of nitriles is 1. The number of nitrogens with one attached hydrogen (secondary N) is 1. The standard InChI is InChI=1S/C46H41N11O18S7/c1-22-13-33(53-55-41-24(3)29(21-47)44-49-32-17-35(48-25(4)58)39(81(69,70)71)20-36(32)57(44)45(41)59)37(75-9-5-11-78(60,61)62)18-30(22)51-54-34-14-23(2)31(19-38(34)76-10-6-12-79(63,64)65)52-56-46-50-42-40(82(72,73)74)15-26-7-8-27(80(66,67)68)16-28(26)43(42)77-46/h7-8,13-20,59H,5-6,9-12H2,1-4H3,(H,48,58)(H,60,61,62)(H,63,64,65)(H,66,67,68)(H,69,70,71)(H,72,73,74). The van der Waals surface area contributed by atoms with Gasteiger partial charge in [0.1, 0.15) is 38.4 Å².